The van der Waals surface area contributed by atoms with Gasteiger partial charge in [-0.05, 0) is 51.6 Å². The van der Waals surface area contributed by atoms with Gasteiger partial charge in [0.15, 0.2) is 0 Å². The molecule has 1 aliphatic rings. The molecule has 0 unspecified atom stereocenters. The SMILES string of the molecule is CC1(C)c2ccccc2-c2ccc3c4ccccc4n(-c4nc(-c5ccccc5)cc(-c5ccc(-c6cccc7c6sc6ccccc67)cc5)n4)c3c21. The van der Waals surface area contributed by atoms with Crippen LogP contribution in [0.25, 0.3) is 92.7 Å². The van der Waals surface area contributed by atoms with Crippen molar-refractivity contribution in [3.63, 3.8) is 0 Å². The Morgan fingerprint density at radius 3 is 1.96 bits per heavy atom. The third kappa shape index (κ3) is 4.46. The summed E-state index contributed by atoms with van der Waals surface area (Å²) in [5.41, 5.74) is 13.7. The van der Waals surface area contributed by atoms with E-state index in [4.69, 9.17) is 9.97 Å². The van der Waals surface area contributed by atoms with Crippen LogP contribution in [0.15, 0.2) is 164 Å². The summed E-state index contributed by atoms with van der Waals surface area (Å²) in [6.45, 7) is 4.71. The van der Waals surface area contributed by atoms with Crippen LogP contribution < -0.4 is 0 Å². The maximum atomic E-state index is 5.43. The Morgan fingerprint density at radius 2 is 1.13 bits per heavy atom. The van der Waals surface area contributed by atoms with Gasteiger partial charge in [0.05, 0.1) is 22.4 Å². The summed E-state index contributed by atoms with van der Waals surface area (Å²) >= 11 is 1.87. The first kappa shape index (κ1) is 30.3. The molecule has 4 heteroatoms. The summed E-state index contributed by atoms with van der Waals surface area (Å²) < 4.78 is 4.96. The van der Waals surface area contributed by atoms with E-state index in [0.717, 1.165) is 28.0 Å². The van der Waals surface area contributed by atoms with Gasteiger partial charge in [-0.2, -0.15) is 0 Å². The molecule has 11 rings (SSSR count). The molecule has 0 fully saturated rings. The van der Waals surface area contributed by atoms with E-state index in [2.05, 4.69) is 182 Å². The normalized spacial score (nSPS) is 13.2. The summed E-state index contributed by atoms with van der Waals surface area (Å²) in [5, 5.41) is 5.04. The first-order chi connectivity index (χ1) is 26.0. The molecule has 0 amide bonds. The summed E-state index contributed by atoms with van der Waals surface area (Å²) in [7, 11) is 0. The monoisotopic (exact) mass is 695 g/mol. The Hall–Kier alpha value is -6.36. The van der Waals surface area contributed by atoms with E-state index in [9.17, 15) is 0 Å². The van der Waals surface area contributed by atoms with E-state index >= 15 is 0 Å². The van der Waals surface area contributed by atoms with Crippen LogP contribution in [0.4, 0.5) is 0 Å². The molecular formula is C49H33N3S. The zero-order chi connectivity index (χ0) is 35.3. The lowest BCUT2D eigenvalue weighted by atomic mass is 9.81. The van der Waals surface area contributed by atoms with Crippen molar-refractivity contribution in [3.05, 3.63) is 175 Å². The number of para-hydroxylation sites is 1. The van der Waals surface area contributed by atoms with Crippen LogP contribution in [-0.2, 0) is 5.41 Å². The van der Waals surface area contributed by atoms with Gasteiger partial charge in [-0.1, -0.05) is 159 Å². The molecule has 0 spiro atoms. The van der Waals surface area contributed by atoms with Gasteiger partial charge < -0.3 is 0 Å². The minimum absolute atomic E-state index is 0.204. The quantitative estimate of drug-likeness (QED) is 0.183. The molecule has 0 atom stereocenters. The molecule has 0 N–H and O–H groups in total. The van der Waals surface area contributed by atoms with Crippen LogP contribution in [0.2, 0.25) is 0 Å². The highest BCUT2D eigenvalue weighted by atomic mass is 32.1. The van der Waals surface area contributed by atoms with Crippen LogP contribution in [0.5, 0.6) is 0 Å². The maximum Gasteiger partial charge on any atom is 0.235 e. The molecule has 0 saturated heterocycles. The average molecular weight is 696 g/mol. The van der Waals surface area contributed by atoms with E-state index in [1.165, 1.54) is 69.8 Å². The van der Waals surface area contributed by atoms with Gasteiger partial charge in [0.2, 0.25) is 5.95 Å². The Labute approximate surface area is 311 Å². The topological polar surface area (TPSA) is 30.7 Å². The van der Waals surface area contributed by atoms with Gasteiger partial charge in [0, 0.05) is 47.5 Å². The fourth-order valence-electron chi connectivity index (χ4n) is 8.75. The summed E-state index contributed by atoms with van der Waals surface area (Å²) in [6, 6.07) is 59.0. The number of fused-ring (bicyclic) bond motifs is 10. The summed E-state index contributed by atoms with van der Waals surface area (Å²) in [4.78, 5) is 10.8. The lowest BCUT2D eigenvalue weighted by Crippen LogP contribution is -2.17. The molecule has 3 heterocycles. The molecule has 0 bridgehead atoms. The Balaban J connectivity index is 1.13. The van der Waals surface area contributed by atoms with Crippen LogP contribution >= 0.6 is 11.3 Å². The molecule has 0 aliphatic heterocycles. The van der Waals surface area contributed by atoms with E-state index in [0.29, 0.717) is 5.95 Å². The lowest BCUT2D eigenvalue weighted by molar-refractivity contribution is 0.663. The van der Waals surface area contributed by atoms with Crippen molar-refractivity contribution in [1.82, 2.24) is 14.5 Å². The average Bonchev–Trinajstić information content (AvgIpc) is 3.84. The van der Waals surface area contributed by atoms with E-state index < -0.39 is 0 Å². The van der Waals surface area contributed by atoms with Gasteiger partial charge in [-0.15, -0.1) is 11.3 Å². The van der Waals surface area contributed by atoms with Crippen molar-refractivity contribution in [3.8, 4) is 50.7 Å². The van der Waals surface area contributed by atoms with E-state index in [1.54, 1.807) is 0 Å². The number of rotatable bonds is 4. The second-order valence-electron chi connectivity index (χ2n) is 14.6. The van der Waals surface area contributed by atoms with Crippen LogP contribution in [0.1, 0.15) is 25.0 Å². The van der Waals surface area contributed by atoms with Crippen molar-refractivity contribution < 1.29 is 0 Å². The lowest BCUT2D eigenvalue weighted by Gasteiger charge is -2.23. The van der Waals surface area contributed by atoms with Crippen LogP contribution in [0.3, 0.4) is 0 Å². The van der Waals surface area contributed by atoms with Gasteiger partial charge in [-0.3, -0.25) is 4.57 Å². The predicted octanol–water partition coefficient (Wildman–Crippen LogP) is 13.2. The number of thiophene rings is 1. The van der Waals surface area contributed by atoms with Crippen molar-refractivity contribution in [1.29, 1.82) is 0 Å². The number of nitrogens with zero attached hydrogens (tertiary/aromatic N) is 3. The fraction of sp³-hybridized carbons (Fsp3) is 0.0612. The predicted molar refractivity (Wildman–Crippen MR) is 223 cm³/mol. The molecule has 1 aliphatic carbocycles. The summed E-state index contributed by atoms with van der Waals surface area (Å²) in [6.07, 6.45) is 0. The first-order valence-corrected chi connectivity index (χ1v) is 19.0. The minimum atomic E-state index is -0.204. The number of aromatic nitrogens is 3. The second kappa shape index (κ2) is 11.3. The van der Waals surface area contributed by atoms with Crippen molar-refractivity contribution in [2.45, 2.75) is 19.3 Å². The standard InChI is InChI=1S/C49H33N3S/c1-49(2)40-20-9-6-15-34(40)37-27-28-38-35-16-7-10-21-43(35)52(46(38)45(37)49)48-50-41(31-13-4-3-5-14-31)29-42(51-48)32-25-23-30(24-26-32)33-18-12-19-39-36-17-8-11-22-44(36)53-47(33)39/h3-29H,1-2H3. The highest BCUT2D eigenvalue weighted by Gasteiger charge is 2.38. The molecule has 0 saturated carbocycles. The van der Waals surface area contributed by atoms with E-state index in [-0.39, 0.29) is 5.41 Å². The Kier molecular flexibility index (Phi) is 6.47. The summed E-state index contributed by atoms with van der Waals surface area (Å²) in [5.74, 6) is 0.673. The Bertz CT molecular complexity index is 3080. The van der Waals surface area contributed by atoms with Crippen molar-refractivity contribution in [2.75, 3.05) is 0 Å². The van der Waals surface area contributed by atoms with Gasteiger partial charge >= 0.3 is 0 Å². The van der Waals surface area contributed by atoms with E-state index in [1.807, 2.05) is 11.3 Å². The number of hydrogen-bond acceptors (Lipinski definition) is 3. The molecular weight excluding hydrogens is 663 g/mol. The van der Waals surface area contributed by atoms with Gasteiger partial charge in [0.25, 0.3) is 0 Å². The molecule has 10 aromatic rings. The first-order valence-electron chi connectivity index (χ1n) is 18.2. The molecule has 53 heavy (non-hydrogen) atoms. The zero-order valence-corrected chi connectivity index (χ0v) is 30.2. The third-order valence-corrected chi connectivity index (χ3v) is 12.5. The second-order valence-corrected chi connectivity index (χ2v) is 15.6. The smallest absolute Gasteiger partial charge is 0.235 e. The zero-order valence-electron chi connectivity index (χ0n) is 29.3. The highest BCUT2D eigenvalue weighted by Crippen LogP contribution is 2.53. The fourth-order valence-corrected chi connectivity index (χ4v) is 9.99. The number of benzene rings is 7. The van der Waals surface area contributed by atoms with Crippen molar-refractivity contribution in [2.24, 2.45) is 0 Å². The van der Waals surface area contributed by atoms with Crippen LogP contribution in [0, 0.1) is 0 Å². The molecule has 3 aromatic heterocycles. The third-order valence-electron chi connectivity index (χ3n) is 11.2. The Morgan fingerprint density at radius 1 is 0.491 bits per heavy atom. The van der Waals surface area contributed by atoms with Crippen LogP contribution in [-0.4, -0.2) is 14.5 Å². The molecule has 7 aromatic carbocycles. The maximum absolute atomic E-state index is 5.43. The van der Waals surface area contributed by atoms with Crippen molar-refractivity contribution >= 4 is 53.3 Å². The highest BCUT2D eigenvalue weighted by molar-refractivity contribution is 7.26. The largest absolute Gasteiger partial charge is 0.278 e. The minimum Gasteiger partial charge on any atom is -0.278 e. The molecule has 0 radical (unpaired) electrons. The van der Waals surface area contributed by atoms with Gasteiger partial charge in [0.1, 0.15) is 0 Å². The number of hydrogen-bond donors (Lipinski definition) is 0. The van der Waals surface area contributed by atoms with Gasteiger partial charge in [-0.25, -0.2) is 9.97 Å². The molecule has 3 nitrogen and oxygen atoms in total. The molecule has 250 valence electrons.